The van der Waals surface area contributed by atoms with Crippen LogP contribution >= 0.6 is 0 Å². The van der Waals surface area contributed by atoms with E-state index in [1.165, 1.54) is 12.4 Å². The number of alkyl halides is 3. The standard InChI is InChI=1S/C48H67F3N10O7/c1-47(2,3)59-33-12-14-39(61-19-15-37(46(61)66)57-43-34-24-31(48(49,50)51)9-13-36(34)54-28-55-43)38(25-33)58-44(64)29-7-10-32(11-8-29)56-40(62)16-20-67-22-23-68-21-18-53-45(65)35-26-41(63)60(4)42(35)30-6-5-17-52-27-30/h5-6,9,13,17,24,27-29,32-33,35,37-39,41-42,59,63H,7-8,10-12,14-16,18-23,25-26H2,1-4H3,(H,53,65)(H,56,62)(H,58,64)(H,54,55,57)/t29?,32?,33-,35+,37+,38-,39+,41?,42-/m1/s1. The van der Waals surface area contributed by atoms with Crippen LogP contribution < -0.4 is 26.6 Å². The Morgan fingerprint density at radius 1 is 0.882 bits per heavy atom. The first-order valence-electron chi connectivity index (χ1n) is 23.9. The van der Waals surface area contributed by atoms with Crippen molar-refractivity contribution in [3.8, 4) is 0 Å². The number of amides is 4. The van der Waals surface area contributed by atoms with E-state index < -0.39 is 29.9 Å². The number of carbonyl (C=O) groups is 4. The molecule has 17 nitrogen and oxygen atoms in total. The molecule has 3 aromatic rings. The molecule has 2 saturated carbocycles. The van der Waals surface area contributed by atoms with Crippen molar-refractivity contribution in [3.63, 3.8) is 0 Å². The maximum Gasteiger partial charge on any atom is 0.416 e. The third kappa shape index (κ3) is 13.2. The summed E-state index contributed by atoms with van der Waals surface area (Å²) < 4.78 is 52.0. The van der Waals surface area contributed by atoms with E-state index in [2.05, 4.69) is 62.3 Å². The van der Waals surface area contributed by atoms with Gasteiger partial charge in [0.2, 0.25) is 23.6 Å². The van der Waals surface area contributed by atoms with E-state index in [1.807, 2.05) is 17.0 Å². The predicted octanol–water partition coefficient (Wildman–Crippen LogP) is 4.08. The number of aliphatic hydroxyl groups is 1. The summed E-state index contributed by atoms with van der Waals surface area (Å²) >= 11 is 0. The number of nitrogens with one attached hydrogen (secondary N) is 5. The number of hydrogen-bond acceptors (Lipinski definition) is 13. The Balaban J connectivity index is 0.812. The number of fused-ring (bicyclic) bond motifs is 1. The maximum absolute atomic E-state index is 14.0. The van der Waals surface area contributed by atoms with Crippen LogP contribution in [0.5, 0.6) is 0 Å². The second-order valence-electron chi connectivity index (χ2n) is 19.7. The lowest BCUT2D eigenvalue weighted by atomic mass is 9.82. The number of rotatable bonds is 18. The molecule has 0 spiro atoms. The van der Waals surface area contributed by atoms with Crippen LogP contribution in [0.4, 0.5) is 19.0 Å². The lowest BCUT2D eigenvalue weighted by Gasteiger charge is -2.43. The number of anilines is 1. The molecule has 20 heteroatoms. The molecular weight excluding hydrogens is 886 g/mol. The fraction of sp³-hybridized carbons (Fsp3) is 0.646. The van der Waals surface area contributed by atoms with Gasteiger partial charge < -0.3 is 46.1 Å². The van der Waals surface area contributed by atoms with Gasteiger partial charge in [0.25, 0.3) is 0 Å². The average Bonchev–Trinajstić information content (AvgIpc) is 3.81. The summed E-state index contributed by atoms with van der Waals surface area (Å²) in [6.45, 7) is 8.12. The topological polar surface area (TPSA) is 212 Å². The number of aromatic nitrogens is 3. The van der Waals surface area contributed by atoms with Crippen LogP contribution in [0.2, 0.25) is 0 Å². The first-order valence-corrected chi connectivity index (χ1v) is 23.9. The third-order valence-corrected chi connectivity index (χ3v) is 13.7. The Bertz CT molecular complexity index is 2190. The number of aliphatic hydroxyl groups excluding tert-OH is 1. The predicted molar refractivity (Wildman–Crippen MR) is 247 cm³/mol. The number of halogens is 3. The summed E-state index contributed by atoms with van der Waals surface area (Å²) in [4.78, 5) is 69.8. The maximum atomic E-state index is 14.0. The molecule has 1 aromatic carbocycles. The van der Waals surface area contributed by atoms with Crippen molar-refractivity contribution in [2.24, 2.45) is 11.8 Å². The Morgan fingerprint density at radius 2 is 1.63 bits per heavy atom. The summed E-state index contributed by atoms with van der Waals surface area (Å²) in [5.41, 5.74) is 0.214. The van der Waals surface area contributed by atoms with Crippen molar-refractivity contribution in [2.45, 2.75) is 139 Å². The van der Waals surface area contributed by atoms with Crippen molar-refractivity contribution in [3.05, 3.63) is 60.2 Å². The largest absolute Gasteiger partial charge is 0.416 e. The second-order valence-corrected chi connectivity index (χ2v) is 19.7. The minimum absolute atomic E-state index is 0.0564. The van der Waals surface area contributed by atoms with Gasteiger partial charge in [-0.05, 0) is 109 Å². The molecule has 2 aliphatic heterocycles. The van der Waals surface area contributed by atoms with Gasteiger partial charge in [-0.2, -0.15) is 13.2 Å². The molecule has 0 radical (unpaired) electrons. The van der Waals surface area contributed by atoms with Crippen LogP contribution in [0.25, 0.3) is 10.9 Å². The van der Waals surface area contributed by atoms with E-state index in [1.54, 1.807) is 24.3 Å². The summed E-state index contributed by atoms with van der Waals surface area (Å²) in [7, 11) is 1.79. The van der Waals surface area contributed by atoms with E-state index in [9.17, 15) is 37.5 Å². The van der Waals surface area contributed by atoms with Crippen LogP contribution in [0.1, 0.15) is 102 Å². The van der Waals surface area contributed by atoms with E-state index in [4.69, 9.17) is 9.47 Å². The Hall–Kier alpha value is -5.02. The van der Waals surface area contributed by atoms with Gasteiger partial charge in [0.15, 0.2) is 0 Å². The van der Waals surface area contributed by atoms with Crippen LogP contribution in [0, 0.1) is 11.8 Å². The third-order valence-electron chi connectivity index (χ3n) is 13.7. The van der Waals surface area contributed by atoms with Gasteiger partial charge in [-0.1, -0.05) is 6.07 Å². The number of nitrogens with zero attached hydrogens (tertiary/aromatic N) is 5. The smallest absolute Gasteiger partial charge is 0.379 e. The minimum Gasteiger partial charge on any atom is -0.379 e. The highest BCUT2D eigenvalue weighted by Gasteiger charge is 2.45. The van der Waals surface area contributed by atoms with Gasteiger partial charge in [0, 0.05) is 67.3 Å². The highest BCUT2D eigenvalue weighted by Crippen LogP contribution is 2.39. The Labute approximate surface area is 395 Å². The lowest BCUT2D eigenvalue weighted by Crippen LogP contribution is -2.60. The molecule has 7 rings (SSSR count). The molecule has 7 atom stereocenters. The zero-order valence-electron chi connectivity index (χ0n) is 39.4. The molecule has 4 heterocycles. The van der Waals surface area contributed by atoms with Crippen molar-refractivity contribution >= 4 is 40.3 Å². The molecule has 2 aliphatic carbocycles. The highest BCUT2D eigenvalue weighted by atomic mass is 19.4. The van der Waals surface area contributed by atoms with Crippen molar-refractivity contribution < 1.29 is 46.9 Å². The second kappa shape index (κ2) is 22.6. The highest BCUT2D eigenvalue weighted by molar-refractivity contribution is 5.93. The van der Waals surface area contributed by atoms with Gasteiger partial charge >= 0.3 is 6.18 Å². The number of carbonyl (C=O) groups excluding carboxylic acids is 4. The zero-order valence-corrected chi connectivity index (χ0v) is 39.4. The van der Waals surface area contributed by atoms with Gasteiger partial charge in [-0.15, -0.1) is 0 Å². The molecule has 4 fully saturated rings. The molecule has 6 N–H and O–H groups in total. The summed E-state index contributed by atoms with van der Waals surface area (Å²) in [5, 5.41) is 26.7. The van der Waals surface area contributed by atoms with E-state index >= 15 is 0 Å². The SMILES string of the molecule is CN1C(O)C[C@H](C(=O)NCCOCCOCCC(=O)NC2CCC(C(=O)N[C@@H]3C[C@H](NC(C)(C)C)CC[C@@H]3N3CC[C@H](Nc4ncnc5ccc(C(F)(F)F)cc45)C3=O)CC2)[C@H]1c1cccnc1. The van der Waals surface area contributed by atoms with E-state index in [0.717, 1.165) is 24.1 Å². The van der Waals surface area contributed by atoms with Crippen LogP contribution in [0.15, 0.2) is 49.1 Å². The molecule has 4 aliphatic rings. The minimum atomic E-state index is -4.55. The fourth-order valence-electron chi connectivity index (χ4n) is 10.3. The van der Waals surface area contributed by atoms with Gasteiger partial charge in [0.05, 0.1) is 61.6 Å². The summed E-state index contributed by atoms with van der Waals surface area (Å²) in [5.74, 6) is -1.03. The Morgan fingerprint density at radius 3 is 2.35 bits per heavy atom. The average molecular weight is 953 g/mol. The van der Waals surface area contributed by atoms with Gasteiger partial charge in [0.1, 0.15) is 24.4 Å². The first-order chi connectivity index (χ1) is 32.4. The van der Waals surface area contributed by atoms with Crippen LogP contribution in [-0.4, -0.2) is 142 Å². The summed E-state index contributed by atoms with van der Waals surface area (Å²) in [6, 6.07) is 5.49. The van der Waals surface area contributed by atoms with Crippen LogP contribution in [0.3, 0.4) is 0 Å². The zero-order chi connectivity index (χ0) is 48.6. The molecule has 4 amide bonds. The molecule has 2 aromatic heterocycles. The molecule has 2 saturated heterocycles. The monoisotopic (exact) mass is 953 g/mol. The van der Waals surface area contributed by atoms with E-state index in [-0.39, 0.29) is 103 Å². The first kappa shape index (κ1) is 50.8. The van der Waals surface area contributed by atoms with E-state index in [0.29, 0.717) is 76.6 Å². The van der Waals surface area contributed by atoms with Crippen molar-refractivity contribution in [1.82, 2.24) is 46.0 Å². The number of pyridine rings is 1. The molecular formula is C48H67F3N10O7. The molecule has 372 valence electrons. The van der Waals surface area contributed by atoms with Crippen molar-refractivity contribution in [2.75, 3.05) is 51.9 Å². The number of likely N-dealkylation sites (tertiary alicyclic amines) is 2. The lowest BCUT2D eigenvalue weighted by molar-refractivity contribution is -0.137. The fourth-order valence-corrected chi connectivity index (χ4v) is 10.3. The molecule has 68 heavy (non-hydrogen) atoms. The Kier molecular flexibility index (Phi) is 16.9. The normalized spacial score (nSPS) is 27.0. The quantitative estimate of drug-likeness (QED) is 0.0995. The number of hydrogen-bond donors (Lipinski definition) is 6. The number of benzene rings is 1. The number of ether oxygens (including phenoxy) is 2. The van der Waals surface area contributed by atoms with Crippen LogP contribution in [-0.2, 0) is 34.8 Å². The van der Waals surface area contributed by atoms with Gasteiger partial charge in [-0.25, -0.2) is 9.97 Å². The molecule has 0 bridgehead atoms. The molecule has 1 unspecified atom stereocenters. The van der Waals surface area contributed by atoms with Gasteiger partial charge in [-0.3, -0.25) is 29.1 Å². The van der Waals surface area contributed by atoms with Crippen molar-refractivity contribution in [1.29, 1.82) is 0 Å². The summed E-state index contributed by atoms with van der Waals surface area (Å²) in [6.07, 6.45) is 4.92.